The van der Waals surface area contributed by atoms with E-state index in [1.165, 1.54) is 0 Å². The smallest absolute Gasteiger partial charge is 0.204 e. The van der Waals surface area contributed by atoms with Gasteiger partial charge in [0.1, 0.15) is 16.9 Å². The molecule has 0 fully saturated rings. The normalized spacial score (nSPS) is 13.3. The standard InChI is InChI=1S/C13H8O3.ClH/c14-9-5-3-7-11-12(9)13(15)8-4-1-2-6-10(8)16-11;/h1-4,6-7H,5H2;1H. The van der Waals surface area contributed by atoms with Crippen molar-refractivity contribution in [1.29, 1.82) is 0 Å². The molecule has 0 spiro atoms. The molecule has 0 atom stereocenters. The predicted molar refractivity (Wildman–Crippen MR) is 67.7 cm³/mol. The van der Waals surface area contributed by atoms with E-state index < -0.39 is 0 Å². The van der Waals surface area contributed by atoms with E-state index in [4.69, 9.17) is 4.42 Å². The van der Waals surface area contributed by atoms with Crippen LogP contribution in [0.1, 0.15) is 22.5 Å². The van der Waals surface area contributed by atoms with Gasteiger partial charge in [0, 0.05) is 6.42 Å². The number of hydrogen-bond acceptors (Lipinski definition) is 3. The van der Waals surface area contributed by atoms with E-state index in [2.05, 4.69) is 0 Å². The highest BCUT2D eigenvalue weighted by atomic mass is 35.5. The second-order valence-corrected chi connectivity index (χ2v) is 3.70. The van der Waals surface area contributed by atoms with E-state index in [1.54, 1.807) is 36.4 Å². The molecule has 1 aromatic carbocycles. The first-order chi connectivity index (χ1) is 7.77. The Bertz CT molecular complexity index is 683. The Balaban J connectivity index is 0.00000108. The Morgan fingerprint density at radius 1 is 1.12 bits per heavy atom. The molecule has 0 aliphatic heterocycles. The fourth-order valence-corrected chi connectivity index (χ4v) is 1.92. The molecular weight excluding hydrogens is 240 g/mol. The van der Waals surface area contributed by atoms with Crippen molar-refractivity contribution in [2.45, 2.75) is 6.42 Å². The molecule has 0 saturated carbocycles. The third-order valence-electron chi connectivity index (χ3n) is 2.68. The third-order valence-corrected chi connectivity index (χ3v) is 2.68. The Hall–Kier alpha value is -1.87. The van der Waals surface area contributed by atoms with Crippen LogP contribution >= 0.6 is 12.4 Å². The van der Waals surface area contributed by atoms with Crippen LogP contribution in [-0.2, 0) is 0 Å². The lowest BCUT2D eigenvalue weighted by Gasteiger charge is -2.08. The van der Waals surface area contributed by atoms with Crippen molar-refractivity contribution in [2.24, 2.45) is 0 Å². The monoisotopic (exact) mass is 248 g/mol. The number of fused-ring (bicyclic) bond motifs is 2. The lowest BCUT2D eigenvalue weighted by Crippen LogP contribution is -2.18. The fourth-order valence-electron chi connectivity index (χ4n) is 1.92. The van der Waals surface area contributed by atoms with Crippen molar-refractivity contribution in [3.05, 3.63) is 51.9 Å². The molecule has 1 heterocycles. The maximum atomic E-state index is 12.1. The number of carbonyl (C=O) groups excluding carboxylic acids is 1. The number of Topliss-reactive ketones (excluding diaryl/α,β-unsaturated/α-hetero) is 1. The molecule has 0 saturated heterocycles. The number of benzene rings is 1. The average molecular weight is 249 g/mol. The number of halogens is 1. The summed E-state index contributed by atoms with van der Waals surface area (Å²) in [5, 5.41) is 0.463. The van der Waals surface area contributed by atoms with Gasteiger partial charge in [0.2, 0.25) is 5.43 Å². The zero-order valence-electron chi connectivity index (χ0n) is 8.80. The Kier molecular flexibility index (Phi) is 2.86. The SMILES string of the molecule is Cl.O=C1CC=Cc2oc3ccccc3c(=O)c21. The van der Waals surface area contributed by atoms with Crippen LogP contribution in [0.4, 0.5) is 0 Å². The molecule has 86 valence electrons. The molecule has 4 heteroatoms. The minimum Gasteiger partial charge on any atom is -0.456 e. The van der Waals surface area contributed by atoms with Crippen LogP contribution in [0.3, 0.4) is 0 Å². The molecule has 0 amide bonds. The number of para-hydroxylation sites is 1. The van der Waals surface area contributed by atoms with Gasteiger partial charge in [0.25, 0.3) is 0 Å². The molecular formula is C13H9ClO3. The minimum atomic E-state index is -0.230. The van der Waals surface area contributed by atoms with Gasteiger partial charge in [-0.2, -0.15) is 0 Å². The van der Waals surface area contributed by atoms with Gasteiger partial charge in [0.15, 0.2) is 5.78 Å². The van der Waals surface area contributed by atoms with Gasteiger partial charge in [0.05, 0.1) is 5.39 Å². The second-order valence-electron chi connectivity index (χ2n) is 3.70. The van der Waals surface area contributed by atoms with E-state index in [9.17, 15) is 9.59 Å². The maximum absolute atomic E-state index is 12.1. The number of allylic oxidation sites excluding steroid dienone is 1. The molecule has 1 aliphatic rings. The van der Waals surface area contributed by atoms with Crippen LogP contribution in [0.15, 0.2) is 39.6 Å². The van der Waals surface area contributed by atoms with Crippen molar-refractivity contribution in [2.75, 3.05) is 0 Å². The quantitative estimate of drug-likeness (QED) is 0.720. The summed E-state index contributed by atoms with van der Waals surface area (Å²) in [7, 11) is 0. The van der Waals surface area contributed by atoms with Gasteiger partial charge in [-0.25, -0.2) is 0 Å². The first kappa shape index (κ1) is 11.6. The summed E-state index contributed by atoms with van der Waals surface area (Å²) >= 11 is 0. The first-order valence-corrected chi connectivity index (χ1v) is 5.03. The van der Waals surface area contributed by atoms with E-state index in [0.717, 1.165) is 0 Å². The van der Waals surface area contributed by atoms with Crippen molar-refractivity contribution in [3.8, 4) is 0 Å². The van der Waals surface area contributed by atoms with Crippen molar-refractivity contribution in [1.82, 2.24) is 0 Å². The Morgan fingerprint density at radius 2 is 1.88 bits per heavy atom. The summed E-state index contributed by atoms with van der Waals surface area (Å²) in [6.07, 6.45) is 3.67. The van der Waals surface area contributed by atoms with Crippen LogP contribution < -0.4 is 5.43 Å². The molecule has 1 aromatic heterocycles. The highest BCUT2D eigenvalue weighted by molar-refractivity contribution is 6.03. The molecule has 0 unspecified atom stereocenters. The molecule has 17 heavy (non-hydrogen) atoms. The molecule has 0 N–H and O–H groups in total. The summed E-state index contributed by atoms with van der Waals surface area (Å²) < 4.78 is 5.53. The fraction of sp³-hybridized carbons (Fsp3) is 0.0769. The van der Waals surface area contributed by atoms with Crippen LogP contribution in [0.25, 0.3) is 17.0 Å². The zero-order chi connectivity index (χ0) is 11.1. The minimum absolute atomic E-state index is 0. The molecule has 2 aromatic rings. The van der Waals surface area contributed by atoms with E-state index in [-0.39, 0.29) is 35.6 Å². The number of carbonyl (C=O) groups is 1. The van der Waals surface area contributed by atoms with Gasteiger partial charge in [-0.1, -0.05) is 18.2 Å². The van der Waals surface area contributed by atoms with Crippen LogP contribution in [-0.4, -0.2) is 5.78 Å². The van der Waals surface area contributed by atoms with Gasteiger partial charge >= 0.3 is 0 Å². The summed E-state index contributed by atoms with van der Waals surface area (Å²) in [6, 6.07) is 6.96. The Labute approximate surface area is 103 Å². The Morgan fingerprint density at radius 3 is 2.71 bits per heavy atom. The van der Waals surface area contributed by atoms with Crippen molar-refractivity contribution >= 4 is 35.2 Å². The van der Waals surface area contributed by atoms with E-state index in [1.807, 2.05) is 0 Å². The maximum Gasteiger partial charge on any atom is 0.204 e. The van der Waals surface area contributed by atoms with Crippen molar-refractivity contribution < 1.29 is 9.21 Å². The van der Waals surface area contributed by atoms with E-state index in [0.29, 0.717) is 16.7 Å². The molecule has 3 rings (SSSR count). The largest absolute Gasteiger partial charge is 0.456 e. The lowest BCUT2D eigenvalue weighted by atomic mass is 10.00. The third kappa shape index (κ3) is 1.68. The number of rotatable bonds is 0. The summed E-state index contributed by atoms with van der Waals surface area (Å²) in [5.41, 5.74) is 0.470. The van der Waals surface area contributed by atoms with Gasteiger partial charge in [-0.15, -0.1) is 12.4 Å². The lowest BCUT2D eigenvalue weighted by molar-refractivity contribution is 0.0991. The molecule has 3 nitrogen and oxygen atoms in total. The molecule has 1 aliphatic carbocycles. The topological polar surface area (TPSA) is 47.3 Å². The van der Waals surface area contributed by atoms with E-state index >= 15 is 0 Å². The van der Waals surface area contributed by atoms with Crippen LogP contribution in [0.5, 0.6) is 0 Å². The van der Waals surface area contributed by atoms with Gasteiger partial charge in [-0.3, -0.25) is 9.59 Å². The summed E-state index contributed by atoms with van der Waals surface area (Å²) in [4.78, 5) is 23.7. The molecule has 0 bridgehead atoms. The highest BCUT2D eigenvalue weighted by Gasteiger charge is 2.20. The summed E-state index contributed by atoms with van der Waals surface area (Å²) in [6.45, 7) is 0. The predicted octanol–water partition coefficient (Wildman–Crippen LogP) is 2.81. The first-order valence-electron chi connectivity index (χ1n) is 5.03. The van der Waals surface area contributed by atoms with Crippen LogP contribution in [0, 0.1) is 0 Å². The van der Waals surface area contributed by atoms with Gasteiger partial charge in [-0.05, 0) is 18.2 Å². The number of ketones is 1. The average Bonchev–Trinajstić information content (AvgIpc) is 2.29. The second kappa shape index (κ2) is 4.18. The zero-order valence-corrected chi connectivity index (χ0v) is 9.62. The molecule has 0 radical (unpaired) electrons. The van der Waals surface area contributed by atoms with Gasteiger partial charge < -0.3 is 4.42 Å². The summed E-state index contributed by atoms with van der Waals surface area (Å²) in [5.74, 6) is 0.206. The van der Waals surface area contributed by atoms with Crippen LogP contribution in [0.2, 0.25) is 0 Å². The highest BCUT2D eigenvalue weighted by Crippen LogP contribution is 2.21. The van der Waals surface area contributed by atoms with Crippen molar-refractivity contribution in [3.63, 3.8) is 0 Å². The number of hydrogen-bond donors (Lipinski definition) is 0.